The topological polar surface area (TPSA) is 3.24 Å². The number of rotatable bonds is 3. The minimum Gasteiger partial charge on any atom is -0.298 e. The molecule has 0 saturated carbocycles. The lowest BCUT2D eigenvalue weighted by atomic mass is 10.2. The van der Waals surface area contributed by atoms with Gasteiger partial charge < -0.3 is 0 Å². The minimum atomic E-state index is 0. The second-order valence-electron chi connectivity index (χ2n) is 3.56. The van der Waals surface area contributed by atoms with Gasteiger partial charge >= 0.3 is 0 Å². The standard InChI is InChI=1S/C9H18ClN.ClH/c1-8-4-5-9(2)11(8)7-3-6-10;/h8-9H,3-7H2,1-2H3;1H. The van der Waals surface area contributed by atoms with Crippen molar-refractivity contribution in [1.29, 1.82) is 0 Å². The first-order valence-corrected chi connectivity index (χ1v) is 5.11. The number of hydrogen-bond acceptors (Lipinski definition) is 1. The number of halogens is 2. The predicted molar refractivity (Wildman–Crippen MR) is 57.4 cm³/mol. The van der Waals surface area contributed by atoms with Crippen LogP contribution in [0.15, 0.2) is 0 Å². The average Bonchev–Trinajstić information content (AvgIpc) is 2.29. The van der Waals surface area contributed by atoms with E-state index in [1.54, 1.807) is 0 Å². The maximum atomic E-state index is 5.65. The van der Waals surface area contributed by atoms with E-state index < -0.39 is 0 Å². The Balaban J connectivity index is 0.00000121. The van der Waals surface area contributed by atoms with Crippen LogP contribution >= 0.6 is 24.0 Å². The van der Waals surface area contributed by atoms with Gasteiger partial charge in [-0.1, -0.05) is 0 Å². The summed E-state index contributed by atoms with van der Waals surface area (Å²) in [6, 6.07) is 1.57. The maximum absolute atomic E-state index is 5.65. The lowest BCUT2D eigenvalue weighted by Crippen LogP contribution is -2.33. The smallest absolute Gasteiger partial charge is 0.0235 e. The average molecular weight is 212 g/mol. The molecule has 1 rings (SSSR count). The van der Waals surface area contributed by atoms with Crippen LogP contribution in [0.25, 0.3) is 0 Å². The van der Waals surface area contributed by atoms with Gasteiger partial charge in [0.1, 0.15) is 0 Å². The molecule has 0 aromatic rings. The van der Waals surface area contributed by atoms with Crippen LogP contribution in [0, 0.1) is 0 Å². The van der Waals surface area contributed by atoms with E-state index in [0.717, 1.165) is 24.4 Å². The molecular formula is C9H19Cl2N. The normalized spacial score (nSPS) is 30.2. The van der Waals surface area contributed by atoms with Gasteiger partial charge in [-0.25, -0.2) is 0 Å². The van der Waals surface area contributed by atoms with Crippen molar-refractivity contribution in [3.8, 4) is 0 Å². The summed E-state index contributed by atoms with van der Waals surface area (Å²) >= 11 is 5.65. The van der Waals surface area contributed by atoms with E-state index in [9.17, 15) is 0 Å². The molecule has 1 heterocycles. The van der Waals surface area contributed by atoms with E-state index in [2.05, 4.69) is 18.7 Å². The Hall–Kier alpha value is 0.540. The summed E-state index contributed by atoms with van der Waals surface area (Å²) in [7, 11) is 0. The van der Waals surface area contributed by atoms with Gasteiger partial charge in [0, 0.05) is 18.0 Å². The highest BCUT2D eigenvalue weighted by molar-refractivity contribution is 6.17. The third kappa shape index (κ3) is 3.12. The monoisotopic (exact) mass is 211 g/mol. The van der Waals surface area contributed by atoms with Crippen molar-refractivity contribution < 1.29 is 0 Å². The van der Waals surface area contributed by atoms with Crippen LogP contribution in [-0.4, -0.2) is 29.4 Å². The second-order valence-corrected chi connectivity index (χ2v) is 3.93. The molecule has 0 radical (unpaired) electrons. The molecule has 1 nitrogen and oxygen atoms in total. The van der Waals surface area contributed by atoms with Crippen molar-refractivity contribution >= 4 is 24.0 Å². The van der Waals surface area contributed by atoms with Gasteiger partial charge in [-0.15, -0.1) is 24.0 Å². The Labute approximate surface area is 86.9 Å². The quantitative estimate of drug-likeness (QED) is 0.650. The Bertz CT molecular complexity index is 109. The van der Waals surface area contributed by atoms with Gasteiger partial charge in [0.15, 0.2) is 0 Å². The molecule has 1 aliphatic heterocycles. The van der Waals surface area contributed by atoms with E-state index in [1.807, 2.05) is 0 Å². The molecule has 0 amide bonds. The molecule has 0 spiro atoms. The third-order valence-corrected chi connectivity index (χ3v) is 2.95. The van der Waals surface area contributed by atoms with Crippen LogP contribution in [0.4, 0.5) is 0 Å². The summed E-state index contributed by atoms with van der Waals surface area (Å²) in [6.07, 6.45) is 3.86. The van der Waals surface area contributed by atoms with Crippen molar-refractivity contribution in [1.82, 2.24) is 4.90 Å². The van der Waals surface area contributed by atoms with Crippen LogP contribution in [0.3, 0.4) is 0 Å². The van der Waals surface area contributed by atoms with Crippen LogP contribution in [0.5, 0.6) is 0 Å². The molecular weight excluding hydrogens is 193 g/mol. The molecule has 2 atom stereocenters. The predicted octanol–water partition coefficient (Wildman–Crippen LogP) is 2.91. The van der Waals surface area contributed by atoms with Crippen LogP contribution in [0.2, 0.25) is 0 Å². The van der Waals surface area contributed by atoms with E-state index in [1.165, 1.54) is 19.4 Å². The molecule has 1 fully saturated rings. The molecule has 0 bridgehead atoms. The Morgan fingerprint density at radius 1 is 1.25 bits per heavy atom. The number of hydrogen-bond donors (Lipinski definition) is 0. The van der Waals surface area contributed by atoms with Crippen molar-refractivity contribution in [3.63, 3.8) is 0 Å². The zero-order chi connectivity index (χ0) is 8.27. The van der Waals surface area contributed by atoms with Gasteiger partial charge in [-0.05, 0) is 39.7 Å². The molecule has 0 aromatic carbocycles. The summed E-state index contributed by atoms with van der Waals surface area (Å²) in [4.78, 5) is 2.57. The zero-order valence-electron chi connectivity index (χ0n) is 7.92. The van der Waals surface area contributed by atoms with Gasteiger partial charge in [-0.2, -0.15) is 0 Å². The first kappa shape index (κ1) is 12.5. The van der Waals surface area contributed by atoms with Crippen molar-refractivity contribution in [2.75, 3.05) is 12.4 Å². The van der Waals surface area contributed by atoms with Gasteiger partial charge in [0.2, 0.25) is 0 Å². The third-order valence-electron chi connectivity index (χ3n) is 2.68. The molecule has 0 N–H and O–H groups in total. The van der Waals surface area contributed by atoms with Gasteiger partial charge in [-0.3, -0.25) is 4.90 Å². The minimum absolute atomic E-state index is 0. The Morgan fingerprint density at radius 3 is 2.17 bits per heavy atom. The maximum Gasteiger partial charge on any atom is 0.0235 e. The summed E-state index contributed by atoms with van der Waals surface area (Å²) in [5.41, 5.74) is 0. The largest absolute Gasteiger partial charge is 0.298 e. The van der Waals surface area contributed by atoms with E-state index in [4.69, 9.17) is 11.6 Å². The highest BCUT2D eigenvalue weighted by Gasteiger charge is 2.25. The molecule has 0 aliphatic carbocycles. The van der Waals surface area contributed by atoms with Crippen molar-refractivity contribution in [2.45, 2.75) is 45.2 Å². The molecule has 12 heavy (non-hydrogen) atoms. The zero-order valence-corrected chi connectivity index (χ0v) is 9.50. The van der Waals surface area contributed by atoms with E-state index >= 15 is 0 Å². The van der Waals surface area contributed by atoms with Crippen molar-refractivity contribution in [3.05, 3.63) is 0 Å². The lowest BCUT2D eigenvalue weighted by molar-refractivity contribution is 0.215. The lowest BCUT2D eigenvalue weighted by Gasteiger charge is -2.25. The molecule has 74 valence electrons. The first-order valence-electron chi connectivity index (χ1n) is 4.57. The molecule has 1 saturated heterocycles. The number of alkyl halides is 1. The molecule has 1 aliphatic rings. The molecule has 2 unspecified atom stereocenters. The summed E-state index contributed by atoms with van der Waals surface area (Å²) in [6.45, 7) is 5.82. The fourth-order valence-electron chi connectivity index (χ4n) is 1.93. The second kappa shape index (κ2) is 6.06. The molecule has 0 aromatic heterocycles. The summed E-state index contributed by atoms with van der Waals surface area (Å²) < 4.78 is 0. The first-order chi connectivity index (χ1) is 5.25. The van der Waals surface area contributed by atoms with Crippen molar-refractivity contribution in [2.24, 2.45) is 0 Å². The number of nitrogens with zero attached hydrogens (tertiary/aromatic N) is 1. The highest BCUT2D eigenvalue weighted by Crippen LogP contribution is 2.23. The van der Waals surface area contributed by atoms with Gasteiger partial charge in [0.05, 0.1) is 0 Å². The fraction of sp³-hybridized carbons (Fsp3) is 1.00. The fourth-order valence-corrected chi connectivity index (χ4v) is 2.05. The van der Waals surface area contributed by atoms with E-state index in [-0.39, 0.29) is 12.4 Å². The summed E-state index contributed by atoms with van der Waals surface area (Å²) in [5.74, 6) is 0.802. The Kier molecular flexibility index (Phi) is 6.34. The van der Waals surface area contributed by atoms with Gasteiger partial charge in [0.25, 0.3) is 0 Å². The summed E-state index contributed by atoms with van der Waals surface area (Å²) in [5, 5.41) is 0. The van der Waals surface area contributed by atoms with E-state index in [0.29, 0.717) is 0 Å². The van der Waals surface area contributed by atoms with Crippen LogP contribution < -0.4 is 0 Å². The number of likely N-dealkylation sites (tertiary alicyclic amines) is 1. The SMILES string of the molecule is CC1CCC(C)N1CCCCl.Cl. The van der Waals surface area contributed by atoms with Crippen LogP contribution in [0.1, 0.15) is 33.1 Å². The molecule has 3 heteroatoms. The van der Waals surface area contributed by atoms with Crippen LogP contribution in [-0.2, 0) is 0 Å². The Morgan fingerprint density at radius 2 is 1.75 bits per heavy atom. The highest BCUT2D eigenvalue weighted by atomic mass is 35.5.